The largest absolute Gasteiger partial charge is 0.400 e. The minimum atomic E-state index is -4.04. The minimum Gasteiger partial charge on any atom is -0.242 e. The Morgan fingerprint density at radius 2 is 0.511 bits per heavy atom. The molecule has 4 nitrogen and oxygen atoms in total. The maximum absolute atomic E-state index is 12.7. The van der Waals surface area contributed by atoms with Gasteiger partial charge >= 0.3 is 10.4 Å². The van der Waals surface area contributed by atoms with Crippen LogP contribution in [0.2, 0.25) is 0 Å². The van der Waals surface area contributed by atoms with Gasteiger partial charge in [0.05, 0.1) is 11.2 Å². The zero-order valence-electron chi connectivity index (χ0n) is 31.7. The van der Waals surface area contributed by atoms with Crippen LogP contribution >= 0.6 is 0 Å². The molecular weight excluding hydrogens is 577 g/mol. The summed E-state index contributed by atoms with van der Waals surface area (Å²) < 4.78 is 36.6. The molecule has 0 heterocycles. The number of unbranched alkanes of at least 4 members (excludes halogenated alkanes) is 28. The molecule has 0 amide bonds. The minimum absolute atomic E-state index is 0.729. The van der Waals surface area contributed by atoms with Crippen LogP contribution in [0.5, 0.6) is 0 Å². The SMILES string of the molecule is CCCCCCCCCCCCCCCCCC(C)(C)OS(=O)(=O)OC(C)(C)CCCCCCCCCCCCCCCCC. The predicted molar refractivity (Wildman–Crippen MR) is 198 cm³/mol. The Balaban J connectivity index is 3.78. The van der Waals surface area contributed by atoms with Crippen LogP contribution in [0.3, 0.4) is 0 Å². The summed E-state index contributed by atoms with van der Waals surface area (Å²) in [6, 6.07) is 0. The highest BCUT2D eigenvalue weighted by Gasteiger charge is 2.32. The number of hydrogen-bond donors (Lipinski definition) is 0. The van der Waals surface area contributed by atoms with Gasteiger partial charge in [0.25, 0.3) is 0 Å². The standard InChI is InChI=1S/C40H82O4S/c1-7-9-11-13-15-17-19-21-23-25-27-29-31-33-35-37-39(3,4)43-45(41,42)44-40(5,6)38-36-34-32-30-28-26-24-22-20-18-16-14-12-10-8-2/h7-38H2,1-6H3. The molecule has 0 radical (unpaired) electrons. The molecule has 0 N–H and O–H groups in total. The molecular formula is C40H82O4S. The molecule has 0 saturated carbocycles. The molecule has 0 saturated heterocycles. The van der Waals surface area contributed by atoms with E-state index in [1.165, 1.54) is 167 Å². The van der Waals surface area contributed by atoms with E-state index in [9.17, 15) is 8.42 Å². The summed E-state index contributed by atoms with van der Waals surface area (Å²) >= 11 is 0. The van der Waals surface area contributed by atoms with Crippen molar-refractivity contribution in [1.29, 1.82) is 0 Å². The van der Waals surface area contributed by atoms with Crippen molar-refractivity contribution in [2.45, 2.75) is 258 Å². The van der Waals surface area contributed by atoms with Gasteiger partial charge in [0, 0.05) is 0 Å². The van der Waals surface area contributed by atoms with Crippen molar-refractivity contribution in [3.63, 3.8) is 0 Å². The fourth-order valence-corrected chi connectivity index (χ4v) is 7.80. The van der Waals surface area contributed by atoms with Gasteiger partial charge in [-0.2, -0.15) is 8.42 Å². The van der Waals surface area contributed by atoms with Crippen molar-refractivity contribution < 1.29 is 16.8 Å². The van der Waals surface area contributed by atoms with Crippen molar-refractivity contribution in [1.82, 2.24) is 0 Å². The molecule has 0 aliphatic rings. The Kier molecular flexibility index (Phi) is 29.9. The van der Waals surface area contributed by atoms with E-state index in [2.05, 4.69) is 13.8 Å². The molecule has 0 rings (SSSR count). The van der Waals surface area contributed by atoms with Crippen LogP contribution in [0, 0.1) is 0 Å². The van der Waals surface area contributed by atoms with Crippen LogP contribution < -0.4 is 0 Å². The highest BCUT2D eigenvalue weighted by atomic mass is 32.3. The average Bonchev–Trinajstić information content (AvgIpc) is 2.95. The van der Waals surface area contributed by atoms with Gasteiger partial charge in [-0.25, -0.2) is 8.37 Å². The van der Waals surface area contributed by atoms with Gasteiger partial charge in [-0.05, 0) is 40.5 Å². The first-order valence-corrected chi connectivity index (χ1v) is 21.5. The third kappa shape index (κ3) is 33.6. The molecule has 0 aromatic carbocycles. The maximum Gasteiger partial charge on any atom is 0.400 e. The van der Waals surface area contributed by atoms with Crippen molar-refractivity contribution in [3.8, 4) is 0 Å². The predicted octanol–water partition coefficient (Wildman–Crippen LogP) is 14.3. The lowest BCUT2D eigenvalue weighted by molar-refractivity contribution is 0.0317. The summed E-state index contributed by atoms with van der Waals surface area (Å²) in [5, 5.41) is 0. The normalized spacial score (nSPS) is 12.8. The van der Waals surface area contributed by atoms with Crippen LogP contribution in [0.15, 0.2) is 0 Å². The lowest BCUT2D eigenvalue weighted by Crippen LogP contribution is -2.35. The zero-order chi connectivity index (χ0) is 33.5. The molecule has 45 heavy (non-hydrogen) atoms. The molecule has 0 fully saturated rings. The van der Waals surface area contributed by atoms with E-state index in [1.807, 2.05) is 27.7 Å². The molecule has 272 valence electrons. The van der Waals surface area contributed by atoms with E-state index >= 15 is 0 Å². The monoisotopic (exact) mass is 659 g/mol. The second kappa shape index (κ2) is 30.0. The van der Waals surface area contributed by atoms with E-state index in [-0.39, 0.29) is 0 Å². The molecule has 0 bridgehead atoms. The Morgan fingerprint density at radius 1 is 0.333 bits per heavy atom. The van der Waals surface area contributed by atoms with Crippen molar-refractivity contribution >= 4 is 10.4 Å². The van der Waals surface area contributed by atoms with Crippen LogP contribution in [-0.2, 0) is 18.8 Å². The fraction of sp³-hybridized carbons (Fsp3) is 1.00. The van der Waals surface area contributed by atoms with Crippen molar-refractivity contribution in [2.24, 2.45) is 0 Å². The molecule has 0 aromatic rings. The van der Waals surface area contributed by atoms with E-state index in [4.69, 9.17) is 8.37 Å². The highest BCUT2D eigenvalue weighted by Crippen LogP contribution is 2.27. The first kappa shape index (κ1) is 44.9. The molecule has 0 aliphatic carbocycles. The quantitative estimate of drug-likeness (QED) is 0.0629. The Hall–Kier alpha value is -0.130. The first-order chi connectivity index (χ1) is 21.5. The average molecular weight is 659 g/mol. The summed E-state index contributed by atoms with van der Waals surface area (Å²) in [5.41, 5.74) is -1.47. The van der Waals surface area contributed by atoms with Gasteiger partial charge in [-0.15, -0.1) is 0 Å². The lowest BCUT2D eigenvalue weighted by atomic mass is 9.99. The second-order valence-electron chi connectivity index (χ2n) is 15.5. The lowest BCUT2D eigenvalue weighted by Gasteiger charge is -2.28. The topological polar surface area (TPSA) is 52.6 Å². The fourth-order valence-electron chi connectivity index (χ4n) is 6.50. The van der Waals surface area contributed by atoms with Gasteiger partial charge in [-0.3, -0.25) is 0 Å². The first-order valence-electron chi connectivity index (χ1n) is 20.2. The Morgan fingerprint density at radius 3 is 0.711 bits per heavy atom. The van der Waals surface area contributed by atoms with Crippen LogP contribution in [0.1, 0.15) is 247 Å². The Bertz CT molecular complexity index is 662. The van der Waals surface area contributed by atoms with E-state index in [0.29, 0.717) is 0 Å². The van der Waals surface area contributed by atoms with Crippen molar-refractivity contribution in [3.05, 3.63) is 0 Å². The summed E-state index contributed by atoms with van der Waals surface area (Å²) in [5.74, 6) is 0. The van der Waals surface area contributed by atoms with Gasteiger partial charge < -0.3 is 0 Å². The molecule has 0 aliphatic heterocycles. The molecule has 0 unspecified atom stereocenters. The van der Waals surface area contributed by atoms with E-state index < -0.39 is 21.6 Å². The highest BCUT2D eigenvalue weighted by molar-refractivity contribution is 7.81. The molecule has 0 spiro atoms. The van der Waals surface area contributed by atoms with Gasteiger partial charge in [0.1, 0.15) is 0 Å². The van der Waals surface area contributed by atoms with Gasteiger partial charge in [-0.1, -0.05) is 206 Å². The summed E-state index contributed by atoms with van der Waals surface area (Å²) in [6.07, 6.45) is 41.3. The van der Waals surface area contributed by atoms with Gasteiger partial charge in [0.2, 0.25) is 0 Å². The smallest absolute Gasteiger partial charge is 0.242 e. The van der Waals surface area contributed by atoms with E-state index in [1.54, 1.807) is 0 Å². The second-order valence-corrected chi connectivity index (χ2v) is 16.6. The van der Waals surface area contributed by atoms with E-state index in [0.717, 1.165) is 38.5 Å². The van der Waals surface area contributed by atoms with Crippen molar-refractivity contribution in [2.75, 3.05) is 0 Å². The third-order valence-corrected chi connectivity index (χ3v) is 10.7. The van der Waals surface area contributed by atoms with Crippen LogP contribution in [-0.4, -0.2) is 19.6 Å². The summed E-state index contributed by atoms with van der Waals surface area (Å²) in [7, 11) is -4.04. The molecule has 0 atom stereocenters. The Labute approximate surface area is 284 Å². The number of hydrogen-bond acceptors (Lipinski definition) is 4. The van der Waals surface area contributed by atoms with Crippen LogP contribution in [0.25, 0.3) is 0 Å². The summed E-state index contributed by atoms with van der Waals surface area (Å²) in [4.78, 5) is 0. The van der Waals surface area contributed by atoms with Gasteiger partial charge in [0.15, 0.2) is 0 Å². The molecule has 0 aromatic heterocycles. The van der Waals surface area contributed by atoms with Crippen LogP contribution in [0.4, 0.5) is 0 Å². The zero-order valence-corrected chi connectivity index (χ0v) is 32.5. The number of rotatable bonds is 36. The molecule has 5 heteroatoms. The maximum atomic E-state index is 12.7. The summed E-state index contributed by atoms with van der Waals surface area (Å²) in [6.45, 7) is 12.1. The third-order valence-electron chi connectivity index (χ3n) is 9.42.